The Morgan fingerprint density at radius 1 is 1.53 bits per heavy atom. The van der Waals surface area contributed by atoms with E-state index in [0.717, 1.165) is 11.3 Å². The van der Waals surface area contributed by atoms with Crippen molar-refractivity contribution in [1.82, 2.24) is 9.97 Å². The highest BCUT2D eigenvalue weighted by atomic mass is 32.1. The molecule has 0 aromatic carbocycles. The van der Waals surface area contributed by atoms with Gasteiger partial charge >= 0.3 is 0 Å². The third-order valence-electron chi connectivity index (χ3n) is 3.14. The van der Waals surface area contributed by atoms with Crippen LogP contribution in [0.25, 0.3) is 11.3 Å². The van der Waals surface area contributed by atoms with E-state index in [0.29, 0.717) is 18.1 Å². The lowest BCUT2D eigenvalue weighted by Crippen LogP contribution is -2.24. The number of hydrogen-bond donors (Lipinski definition) is 1. The summed E-state index contributed by atoms with van der Waals surface area (Å²) < 4.78 is 0. The first-order valence-corrected chi connectivity index (χ1v) is 6.93. The summed E-state index contributed by atoms with van der Waals surface area (Å²) in [5, 5.41) is 11.7. The monoisotopic (exact) mass is 275 g/mol. The van der Waals surface area contributed by atoms with E-state index < -0.39 is 0 Å². The van der Waals surface area contributed by atoms with Crippen molar-refractivity contribution in [2.24, 2.45) is 5.92 Å². The predicted octanol–water partition coefficient (Wildman–Crippen LogP) is 1.55. The van der Waals surface area contributed by atoms with Gasteiger partial charge < -0.3 is 5.11 Å². The summed E-state index contributed by atoms with van der Waals surface area (Å²) in [6.45, 7) is 0.596. The highest BCUT2D eigenvalue weighted by Gasteiger charge is 2.31. The molecule has 1 aliphatic rings. The molecule has 0 bridgehead atoms. The number of carbonyl (C=O) groups excluding carboxylic acids is 1. The minimum atomic E-state index is 0.0261. The van der Waals surface area contributed by atoms with E-state index in [-0.39, 0.29) is 18.4 Å². The van der Waals surface area contributed by atoms with Crippen molar-refractivity contribution < 1.29 is 9.90 Å². The minimum Gasteiger partial charge on any atom is -0.396 e. The van der Waals surface area contributed by atoms with E-state index in [1.807, 2.05) is 17.5 Å². The van der Waals surface area contributed by atoms with E-state index >= 15 is 0 Å². The number of aliphatic hydroxyl groups is 1. The van der Waals surface area contributed by atoms with Crippen LogP contribution in [0.3, 0.4) is 0 Å². The fourth-order valence-corrected chi connectivity index (χ4v) is 2.98. The molecule has 5 nitrogen and oxygen atoms in total. The van der Waals surface area contributed by atoms with Crippen LogP contribution in [0.4, 0.5) is 5.13 Å². The number of aliphatic hydroxyl groups excluding tert-OH is 1. The Bertz CT molecular complexity index is 585. The summed E-state index contributed by atoms with van der Waals surface area (Å²) in [4.78, 5) is 22.1. The lowest BCUT2D eigenvalue weighted by molar-refractivity contribution is -0.117. The smallest absolute Gasteiger partial charge is 0.229 e. The number of rotatable bonds is 3. The Kier molecular flexibility index (Phi) is 3.27. The van der Waals surface area contributed by atoms with Crippen LogP contribution in [-0.2, 0) is 4.79 Å². The Labute approximate surface area is 114 Å². The molecule has 3 heterocycles. The molecule has 2 aromatic heterocycles. The lowest BCUT2D eigenvalue weighted by atomic mass is 10.1. The minimum absolute atomic E-state index is 0.0261. The SMILES string of the molecule is O=C1CC(CO)CN1c1nc(-c2cccnc2)cs1. The van der Waals surface area contributed by atoms with Gasteiger partial charge in [0.05, 0.1) is 5.69 Å². The Hall–Kier alpha value is -1.79. The van der Waals surface area contributed by atoms with Crippen molar-refractivity contribution in [3.05, 3.63) is 29.9 Å². The summed E-state index contributed by atoms with van der Waals surface area (Å²) in [5.41, 5.74) is 1.77. The molecular formula is C13H13N3O2S. The number of thiazole rings is 1. The zero-order valence-electron chi connectivity index (χ0n) is 10.2. The van der Waals surface area contributed by atoms with Crippen molar-refractivity contribution in [3.8, 4) is 11.3 Å². The van der Waals surface area contributed by atoms with Crippen molar-refractivity contribution in [1.29, 1.82) is 0 Å². The number of carbonyl (C=O) groups is 1. The van der Waals surface area contributed by atoms with Crippen LogP contribution < -0.4 is 4.90 Å². The van der Waals surface area contributed by atoms with Gasteiger partial charge in [0.1, 0.15) is 0 Å². The molecule has 6 heteroatoms. The van der Waals surface area contributed by atoms with Crippen LogP contribution in [0, 0.1) is 5.92 Å². The van der Waals surface area contributed by atoms with Crippen LogP contribution in [0.15, 0.2) is 29.9 Å². The fourth-order valence-electron chi connectivity index (χ4n) is 2.12. The standard InChI is InChI=1S/C13H13N3O2S/c17-7-9-4-12(18)16(6-9)13-15-11(8-19-13)10-2-1-3-14-5-10/h1-3,5,8-9,17H,4,6-7H2. The van der Waals surface area contributed by atoms with Gasteiger partial charge in [-0.25, -0.2) is 4.98 Å². The van der Waals surface area contributed by atoms with Crippen LogP contribution >= 0.6 is 11.3 Å². The lowest BCUT2D eigenvalue weighted by Gasteiger charge is -2.11. The number of hydrogen-bond acceptors (Lipinski definition) is 5. The van der Waals surface area contributed by atoms with Gasteiger partial charge in [0.15, 0.2) is 5.13 Å². The first-order chi connectivity index (χ1) is 9.28. The molecule has 2 aromatic rings. The van der Waals surface area contributed by atoms with E-state index in [1.165, 1.54) is 11.3 Å². The van der Waals surface area contributed by atoms with Crippen LogP contribution in [-0.4, -0.2) is 34.1 Å². The average molecular weight is 275 g/mol. The second-order valence-electron chi connectivity index (χ2n) is 4.51. The zero-order valence-corrected chi connectivity index (χ0v) is 11.0. The Morgan fingerprint density at radius 3 is 3.11 bits per heavy atom. The molecule has 98 valence electrons. The Morgan fingerprint density at radius 2 is 2.42 bits per heavy atom. The molecule has 1 N–H and O–H groups in total. The van der Waals surface area contributed by atoms with Gasteiger partial charge in [0.2, 0.25) is 5.91 Å². The molecule has 1 atom stereocenters. The molecule has 3 rings (SSSR count). The molecule has 0 radical (unpaired) electrons. The zero-order chi connectivity index (χ0) is 13.2. The number of pyridine rings is 1. The molecule has 0 aliphatic carbocycles. The van der Waals surface area contributed by atoms with Crippen LogP contribution in [0.1, 0.15) is 6.42 Å². The normalized spacial score (nSPS) is 19.1. The van der Waals surface area contributed by atoms with E-state index in [2.05, 4.69) is 9.97 Å². The number of aromatic nitrogens is 2. The predicted molar refractivity (Wildman–Crippen MR) is 72.9 cm³/mol. The molecule has 1 aliphatic heterocycles. The third-order valence-corrected chi connectivity index (χ3v) is 4.01. The largest absolute Gasteiger partial charge is 0.396 e. The first kappa shape index (κ1) is 12.3. The quantitative estimate of drug-likeness (QED) is 0.923. The molecule has 1 fully saturated rings. The first-order valence-electron chi connectivity index (χ1n) is 6.05. The van der Waals surface area contributed by atoms with E-state index in [1.54, 1.807) is 17.3 Å². The van der Waals surface area contributed by atoms with Crippen molar-refractivity contribution in [3.63, 3.8) is 0 Å². The average Bonchev–Trinajstić information content (AvgIpc) is 3.06. The highest BCUT2D eigenvalue weighted by Crippen LogP contribution is 2.31. The molecule has 1 unspecified atom stereocenters. The second-order valence-corrected chi connectivity index (χ2v) is 5.35. The van der Waals surface area contributed by atoms with E-state index in [4.69, 9.17) is 5.11 Å². The summed E-state index contributed by atoms with van der Waals surface area (Å²) >= 11 is 1.44. The maximum atomic E-state index is 11.9. The molecule has 19 heavy (non-hydrogen) atoms. The van der Waals surface area contributed by atoms with Gasteiger partial charge in [0, 0.05) is 48.8 Å². The number of amides is 1. The highest BCUT2D eigenvalue weighted by molar-refractivity contribution is 7.14. The van der Waals surface area contributed by atoms with Crippen molar-refractivity contribution >= 4 is 22.4 Å². The maximum Gasteiger partial charge on any atom is 0.229 e. The van der Waals surface area contributed by atoms with E-state index in [9.17, 15) is 4.79 Å². The van der Waals surface area contributed by atoms with Gasteiger partial charge in [-0.3, -0.25) is 14.7 Å². The van der Waals surface area contributed by atoms with Gasteiger partial charge in [-0.1, -0.05) is 0 Å². The van der Waals surface area contributed by atoms with Gasteiger partial charge in [-0.2, -0.15) is 0 Å². The summed E-state index contributed by atoms with van der Waals surface area (Å²) in [6, 6.07) is 3.80. The second kappa shape index (κ2) is 5.07. The van der Waals surface area contributed by atoms with Crippen molar-refractivity contribution in [2.45, 2.75) is 6.42 Å². The summed E-state index contributed by atoms with van der Waals surface area (Å²) in [6.07, 6.45) is 3.87. The van der Waals surface area contributed by atoms with Crippen LogP contribution in [0.2, 0.25) is 0 Å². The summed E-state index contributed by atoms with van der Waals surface area (Å²) in [7, 11) is 0. The van der Waals surface area contributed by atoms with Gasteiger partial charge in [0.25, 0.3) is 0 Å². The Balaban J connectivity index is 1.84. The van der Waals surface area contributed by atoms with Crippen LogP contribution in [0.5, 0.6) is 0 Å². The maximum absolute atomic E-state index is 11.9. The molecule has 1 saturated heterocycles. The molecular weight excluding hydrogens is 262 g/mol. The number of anilines is 1. The van der Waals surface area contributed by atoms with Gasteiger partial charge in [-0.15, -0.1) is 11.3 Å². The van der Waals surface area contributed by atoms with Crippen molar-refractivity contribution in [2.75, 3.05) is 18.1 Å². The molecule has 1 amide bonds. The topological polar surface area (TPSA) is 66.3 Å². The fraction of sp³-hybridized carbons (Fsp3) is 0.308. The summed E-state index contributed by atoms with van der Waals surface area (Å²) in [5.74, 6) is 0.0596. The molecule has 0 spiro atoms. The molecule has 0 saturated carbocycles. The van der Waals surface area contributed by atoms with Gasteiger partial charge in [-0.05, 0) is 12.1 Å². The third kappa shape index (κ3) is 2.36. The number of nitrogens with zero attached hydrogens (tertiary/aromatic N) is 3.